The van der Waals surface area contributed by atoms with E-state index in [9.17, 15) is 4.79 Å². The summed E-state index contributed by atoms with van der Waals surface area (Å²) in [7, 11) is 0. The van der Waals surface area contributed by atoms with Crippen LogP contribution in [0.3, 0.4) is 0 Å². The summed E-state index contributed by atoms with van der Waals surface area (Å²) in [6.07, 6.45) is 12.1. The van der Waals surface area contributed by atoms with Gasteiger partial charge in [-0.25, -0.2) is 9.97 Å². The first kappa shape index (κ1) is 22.0. The van der Waals surface area contributed by atoms with Gasteiger partial charge in [0.25, 0.3) is 0 Å². The summed E-state index contributed by atoms with van der Waals surface area (Å²) in [4.78, 5) is 23.4. The minimum atomic E-state index is 0.00548. The average molecular weight is 465 g/mol. The number of nitrogen functional groups attached to an aromatic ring is 1. The van der Waals surface area contributed by atoms with Crippen LogP contribution in [0.15, 0.2) is 48.0 Å². The molecule has 0 saturated heterocycles. The standard InChI is InChI=1S/C30H32N4O/c31-24-13-14-25-23(18-24)12-15-26-29(25)34-28(21-7-2-1-3-8-21)30(32-26)33-27(35)17-19-10-11-20-6-4-5-9-22(20)16-19/h4-6,9,13-14,16,18,21H,1-3,7-8,10-12,15,17,31H2,(H,32,33,35). The van der Waals surface area contributed by atoms with Gasteiger partial charge in [-0.05, 0) is 67.3 Å². The van der Waals surface area contributed by atoms with E-state index in [1.165, 1.54) is 41.5 Å². The summed E-state index contributed by atoms with van der Waals surface area (Å²) in [5, 5.41) is 3.19. The molecular formula is C30H32N4O. The molecule has 1 saturated carbocycles. The molecule has 6 rings (SSSR count). The first-order valence-corrected chi connectivity index (χ1v) is 13.0. The fourth-order valence-corrected chi connectivity index (χ4v) is 5.94. The highest BCUT2D eigenvalue weighted by Gasteiger charge is 2.27. The molecule has 3 aromatic rings. The van der Waals surface area contributed by atoms with Crippen LogP contribution in [-0.2, 0) is 24.1 Å². The van der Waals surface area contributed by atoms with Gasteiger partial charge in [0.1, 0.15) is 0 Å². The Balaban J connectivity index is 1.31. The predicted molar refractivity (Wildman–Crippen MR) is 141 cm³/mol. The number of nitrogens with zero attached hydrogens (tertiary/aromatic N) is 2. The number of anilines is 2. The van der Waals surface area contributed by atoms with E-state index in [0.717, 1.165) is 66.9 Å². The van der Waals surface area contributed by atoms with E-state index < -0.39 is 0 Å². The monoisotopic (exact) mass is 464 g/mol. The Hall–Kier alpha value is -3.47. The number of rotatable bonds is 4. The average Bonchev–Trinajstić information content (AvgIpc) is 2.88. The summed E-state index contributed by atoms with van der Waals surface area (Å²) in [6.45, 7) is 0. The zero-order valence-electron chi connectivity index (χ0n) is 20.1. The zero-order valence-corrected chi connectivity index (χ0v) is 20.1. The number of hydrogen-bond acceptors (Lipinski definition) is 4. The Kier molecular flexibility index (Phi) is 5.85. The molecule has 3 N–H and O–H groups in total. The number of hydrogen-bond donors (Lipinski definition) is 2. The van der Waals surface area contributed by atoms with Crippen LogP contribution in [0, 0.1) is 0 Å². The van der Waals surface area contributed by atoms with E-state index in [0.29, 0.717) is 18.2 Å². The molecule has 3 aliphatic carbocycles. The second kappa shape index (κ2) is 9.29. The molecule has 3 aliphatic rings. The second-order valence-electron chi connectivity index (χ2n) is 10.2. The van der Waals surface area contributed by atoms with Crippen molar-refractivity contribution in [2.24, 2.45) is 0 Å². The largest absolute Gasteiger partial charge is 0.399 e. The molecule has 1 heterocycles. The van der Waals surface area contributed by atoms with Gasteiger partial charge in [0.05, 0.1) is 17.1 Å². The molecular weight excluding hydrogens is 432 g/mol. The van der Waals surface area contributed by atoms with Crippen LogP contribution in [-0.4, -0.2) is 15.9 Å². The molecule has 0 bridgehead atoms. The van der Waals surface area contributed by atoms with Gasteiger partial charge < -0.3 is 11.1 Å². The Morgan fingerprint density at radius 2 is 1.77 bits per heavy atom. The SMILES string of the molecule is Nc1ccc2c(c1)CCc1nc(NC(=O)CC3=Cc4ccccc4CC3)c(C3CCCCC3)nc1-2. The summed E-state index contributed by atoms with van der Waals surface area (Å²) in [6, 6.07) is 14.5. The van der Waals surface area contributed by atoms with Crippen LogP contribution in [0.1, 0.15) is 78.9 Å². The van der Waals surface area contributed by atoms with Crippen molar-refractivity contribution in [3.05, 3.63) is 76.1 Å². The van der Waals surface area contributed by atoms with E-state index in [2.05, 4.69) is 47.8 Å². The Labute approximate surface area is 206 Å². The van der Waals surface area contributed by atoms with Gasteiger partial charge in [-0.15, -0.1) is 0 Å². The molecule has 5 heteroatoms. The maximum absolute atomic E-state index is 13.2. The van der Waals surface area contributed by atoms with Gasteiger partial charge in [-0.3, -0.25) is 4.79 Å². The van der Waals surface area contributed by atoms with Crippen molar-refractivity contribution in [1.82, 2.24) is 9.97 Å². The molecule has 178 valence electrons. The number of carbonyl (C=O) groups excluding carboxylic acids is 1. The number of aryl methyl sites for hydroxylation is 3. The van der Waals surface area contributed by atoms with Crippen LogP contribution in [0.4, 0.5) is 11.5 Å². The van der Waals surface area contributed by atoms with Gasteiger partial charge in [0, 0.05) is 23.6 Å². The number of aromatic nitrogens is 2. The van der Waals surface area contributed by atoms with Crippen molar-refractivity contribution in [3.63, 3.8) is 0 Å². The minimum Gasteiger partial charge on any atom is -0.399 e. The molecule has 5 nitrogen and oxygen atoms in total. The summed E-state index contributed by atoms with van der Waals surface area (Å²) in [5.41, 5.74) is 15.9. The molecule has 1 fully saturated rings. The molecule has 0 aliphatic heterocycles. The van der Waals surface area contributed by atoms with Crippen LogP contribution in [0.5, 0.6) is 0 Å². The molecule has 0 radical (unpaired) electrons. The third-order valence-electron chi connectivity index (χ3n) is 7.78. The number of nitrogens with two attached hydrogens (primary N) is 1. The molecule has 0 atom stereocenters. The Morgan fingerprint density at radius 3 is 2.66 bits per heavy atom. The molecule has 1 aromatic heterocycles. The first-order valence-electron chi connectivity index (χ1n) is 13.0. The van der Waals surface area contributed by atoms with E-state index in [1.807, 2.05) is 6.07 Å². The topological polar surface area (TPSA) is 80.9 Å². The number of benzene rings is 2. The lowest BCUT2D eigenvalue weighted by molar-refractivity contribution is -0.115. The Bertz CT molecular complexity index is 1320. The predicted octanol–water partition coefficient (Wildman–Crippen LogP) is 6.23. The lowest BCUT2D eigenvalue weighted by Crippen LogP contribution is -2.21. The summed E-state index contributed by atoms with van der Waals surface area (Å²) >= 11 is 0. The molecule has 0 unspecified atom stereocenters. The van der Waals surface area contributed by atoms with Crippen molar-refractivity contribution in [3.8, 4) is 11.3 Å². The van der Waals surface area contributed by atoms with Crippen LogP contribution < -0.4 is 11.1 Å². The quantitative estimate of drug-likeness (QED) is 0.449. The molecule has 35 heavy (non-hydrogen) atoms. The van der Waals surface area contributed by atoms with Gasteiger partial charge in [-0.2, -0.15) is 0 Å². The zero-order chi connectivity index (χ0) is 23.8. The second-order valence-corrected chi connectivity index (χ2v) is 10.2. The molecule has 1 amide bonds. The van der Waals surface area contributed by atoms with Crippen LogP contribution in [0.2, 0.25) is 0 Å². The number of carbonyl (C=O) groups is 1. The fraction of sp³-hybridized carbons (Fsp3) is 0.367. The normalized spacial score (nSPS) is 17.1. The fourth-order valence-electron chi connectivity index (χ4n) is 5.94. The lowest BCUT2D eigenvalue weighted by atomic mass is 9.85. The highest BCUT2D eigenvalue weighted by molar-refractivity contribution is 5.93. The maximum Gasteiger partial charge on any atom is 0.229 e. The molecule has 2 aromatic carbocycles. The van der Waals surface area contributed by atoms with E-state index in [1.54, 1.807) is 0 Å². The minimum absolute atomic E-state index is 0.00548. The van der Waals surface area contributed by atoms with Gasteiger partial charge in [-0.1, -0.05) is 61.2 Å². The maximum atomic E-state index is 13.2. The van der Waals surface area contributed by atoms with Crippen LogP contribution in [0.25, 0.3) is 17.3 Å². The van der Waals surface area contributed by atoms with Crippen LogP contribution >= 0.6 is 0 Å². The van der Waals surface area contributed by atoms with Gasteiger partial charge >= 0.3 is 0 Å². The lowest BCUT2D eigenvalue weighted by Gasteiger charge is -2.26. The van der Waals surface area contributed by atoms with Gasteiger partial charge in [0.2, 0.25) is 5.91 Å². The highest BCUT2D eigenvalue weighted by Crippen LogP contribution is 2.39. The number of amides is 1. The Morgan fingerprint density at radius 1 is 0.943 bits per heavy atom. The van der Waals surface area contributed by atoms with Crippen molar-refractivity contribution in [2.75, 3.05) is 11.1 Å². The third-order valence-corrected chi connectivity index (χ3v) is 7.78. The summed E-state index contributed by atoms with van der Waals surface area (Å²) in [5.74, 6) is 1.03. The van der Waals surface area contributed by atoms with Crippen molar-refractivity contribution in [2.45, 2.75) is 70.1 Å². The smallest absolute Gasteiger partial charge is 0.229 e. The molecule has 0 spiro atoms. The number of fused-ring (bicyclic) bond motifs is 4. The summed E-state index contributed by atoms with van der Waals surface area (Å²) < 4.78 is 0. The van der Waals surface area contributed by atoms with Crippen molar-refractivity contribution >= 4 is 23.5 Å². The van der Waals surface area contributed by atoms with E-state index in [4.69, 9.17) is 15.7 Å². The van der Waals surface area contributed by atoms with Gasteiger partial charge in [0.15, 0.2) is 5.82 Å². The third kappa shape index (κ3) is 4.47. The number of nitrogens with one attached hydrogen (secondary N) is 1. The van der Waals surface area contributed by atoms with Crippen molar-refractivity contribution in [1.29, 1.82) is 0 Å². The van der Waals surface area contributed by atoms with E-state index >= 15 is 0 Å². The highest BCUT2D eigenvalue weighted by atomic mass is 16.1. The first-order chi connectivity index (χ1) is 17.1. The van der Waals surface area contributed by atoms with Crippen molar-refractivity contribution < 1.29 is 4.79 Å². The van der Waals surface area contributed by atoms with E-state index in [-0.39, 0.29) is 5.91 Å².